The largest absolute Gasteiger partial charge is 0.324 e. The van der Waals surface area contributed by atoms with Gasteiger partial charge in [0, 0.05) is 16.6 Å². The number of benzene rings is 2. The van der Waals surface area contributed by atoms with Crippen molar-refractivity contribution in [1.29, 1.82) is 0 Å². The first kappa shape index (κ1) is 15.0. The Kier molecular flexibility index (Phi) is 5.21. The van der Waals surface area contributed by atoms with E-state index in [1.165, 1.54) is 5.56 Å². The minimum atomic E-state index is 0. The summed E-state index contributed by atoms with van der Waals surface area (Å²) in [6.07, 6.45) is 0. The Hall–Kier alpha value is -1.02. The van der Waals surface area contributed by atoms with E-state index in [1.54, 1.807) is 0 Å². The summed E-state index contributed by atoms with van der Waals surface area (Å²) < 4.78 is 0. The molecule has 2 rings (SSSR count). The Balaban J connectivity index is 0.00000162. The average molecular weight is 282 g/mol. The molecule has 0 fully saturated rings. The van der Waals surface area contributed by atoms with Crippen LogP contribution in [-0.2, 0) is 0 Å². The van der Waals surface area contributed by atoms with Crippen molar-refractivity contribution in [3.05, 3.63) is 58.6 Å². The van der Waals surface area contributed by atoms with E-state index < -0.39 is 0 Å². The van der Waals surface area contributed by atoms with Crippen LogP contribution in [0, 0.1) is 6.92 Å². The summed E-state index contributed by atoms with van der Waals surface area (Å²) in [5, 5.41) is 0.782. The van der Waals surface area contributed by atoms with E-state index in [-0.39, 0.29) is 18.4 Å². The zero-order chi connectivity index (χ0) is 12.4. The van der Waals surface area contributed by atoms with Crippen molar-refractivity contribution >= 4 is 24.0 Å². The van der Waals surface area contributed by atoms with Gasteiger partial charge in [0.05, 0.1) is 0 Å². The molecular formula is C15H17Cl2N. The van der Waals surface area contributed by atoms with Gasteiger partial charge in [0.15, 0.2) is 0 Å². The molecule has 1 nitrogen and oxygen atoms in total. The quantitative estimate of drug-likeness (QED) is 0.844. The smallest absolute Gasteiger partial charge is 0.0484 e. The van der Waals surface area contributed by atoms with Gasteiger partial charge >= 0.3 is 0 Å². The number of aryl methyl sites for hydroxylation is 1. The molecule has 2 aromatic carbocycles. The van der Waals surface area contributed by atoms with Crippen molar-refractivity contribution in [3.8, 4) is 11.1 Å². The van der Waals surface area contributed by atoms with Crippen molar-refractivity contribution in [2.45, 2.75) is 19.9 Å². The highest BCUT2D eigenvalue weighted by Gasteiger charge is 2.05. The first-order valence-electron chi connectivity index (χ1n) is 5.70. The number of rotatable bonds is 2. The molecule has 2 N–H and O–H groups in total. The summed E-state index contributed by atoms with van der Waals surface area (Å²) in [5.41, 5.74) is 10.4. The second-order valence-corrected chi connectivity index (χ2v) is 4.80. The molecule has 0 saturated carbocycles. The zero-order valence-corrected chi connectivity index (χ0v) is 12.1. The van der Waals surface area contributed by atoms with E-state index in [0.29, 0.717) is 0 Å². The van der Waals surface area contributed by atoms with E-state index in [9.17, 15) is 0 Å². The molecule has 0 radical (unpaired) electrons. The summed E-state index contributed by atoms with van der Waals surface area (Å²) >= 11 is 6.21. The monoisotopic (exact) mass is 281 g/mol. The lowest BCUT2D eigenvalue weighted by molar-refractivity contribution is 0.818. The second kappa shape index (κ2) is 6.24. The third-order valence-electron chi connectivity index (χ3n) is 2.87. The van der Waals surface area contributed by atoms with Gasteiger partial charge in [-0.2, -0.15) is 0 Å². The van der Waals surface area contributed by atoms with Gasteiger partial charge in [0.2, 0.25) is 0 Å². The Morgan fingerprint density at radius 2 is 1.67 bits per heavy atom. The van der Waals surface area contributed by atoms with E-state index in [0.717, 1.165) is 21.7 Å². The van der Waals surface area contributed by atoms with Gasteiger partial charge in [-0.25, -0.2) is 0 Å². The molecule has 18 heavy (non-hydrogen) atoms. The Morgan fingerprint density at radius 3 is 2.22 bits per heavy atom. The van der Waals surface area contributed by atoms with Gasteiger partial charge in [-0.05, 0) is 37.1 Å². The lowest BCUT2D eigenvalue weighted by Crippen LogP contribution is -2.04. The molecule has 0 aliphatic carbocycles. The van der Waals surface area contributed by atoms with Crippen LogP contribution in [0.25, 0.3) is 11.1 Å². The average Bonchev–Trinajstić information content (AvgIpc) is 2.32. The van der Waals surface area contributed by atoms with Crippen LogP contribution in [0.15, 0.2) is 42.5 Å². The van der Waals surface area contributed by atoms with Crippen LogP contribution in [-0.4, -0.2) is 0 Å². The zero-order valence-electron chi connectivity index (χ0n) is 10.5. The van der Waals surface area contributed by atoms with Crippen molar-refractivity contribution in [3.63, 3.8) is 0 Å². The van der Waals surface area contributed by atoms with Crippen LogP contribution in [0.1, 0.15) is 24.1 Å². The summed E-state index contributed by atoms with van der Waals surface area (Å²) in [4.78, 5) is 0. The highest BCUT2D eigenvalue weighted by molar-refractivity contribution is 6.33. The SMILES string of the molecule is Cc1ccc(Cl)c(-c2ccc(C(C)N)cc2)c1.Cl. The minimum Gasteiger partial charge on any atom is -0.324 e. The van der Waals surface area contributed by atoms with Crippen molar-refractivity contribution in [2.75, 3.05) is 0 Å². The standard InChI is InChI=1S/C15H16ClN.ClH/c1-10-3-8-15(16)14(9-10)13-6-4-12(5-7-13)11(2)17;/h3-9,11H,17H2,1-2H3;1H. The van der Waals surface area contributed by atoms with Crippen LogP contribution in [0.2, 0.25) is 5.02 Å². The van der Waals surface area contributed by atoms with E-state index in [4.69, 9.17) is 17.3 Å². The maximum Gasteiger partial charge on any atom is 0.0484 e. The van der Waals surface area contributed by atoms with E-state index in [2.05, 4.69) is 37.3 Å². The molecule has 0 spiro atoms. The number of halogens is 2. The third-order valence-corrected chi connectivity index (χ3v) is 3.20. The molecule has 3 heteroatoms. The minimum absolute atomic E-state index is 0. The van der Waals surface area contributed by atoms with Gasteiger partial charge < -0.3 is 5.73 Å². The predicted octanol–water partition coefficient (Wildman–Crippen LogP) is 4.76. The normalized spacial score (nSPS) is 11.8. The van der Waals surface area contributed by atoms with Crippen LogP contribution in [0.5, 0.6) is 0 Å². The lowest BCUT2D eigenvalue weighted by Gasteiger charge is -2.09. The van der Waals surface area contributed by atoms with E-state index in [1.807, 2.05) is 19.1 Å². The topological polar surface area (TPSA) is 26.0 Å². The molecule has 0 amide bonds. The summed E-state index contributed by atoms with van der Waals surface area (Å²) in [6.45, 7) is 4.05. The molecule has 0 saturated heterocycles. The van der Waals surface area contributed by atoms with Crippen LogP contribution >= 0.6 is 24.0 Å². The summed E-state index contributed by atoms with van der Waals surface area (Å²) in [5.74, 6) is 0. The molecule has 1 atom stereocenters. The lowest BCUT2D eigenvalue weighted by atomic mass is 10.0. The number of hydrogen-bond donors (Lipinski definition) is 1. The molecule has 2 aromatic rings. The van der Waals surface area contributed by atoms with Crippen LogP contribution < -0.4 is 5.73 Å². The van der Waals surface area contributed by atoms with Gasteiger partial charge in [-0.3, -0.25) is 0 Å². The maximum atomic E-state index is 6.21. The predicted molar refractivity (Wildman–Crippen MR) is 81.5 cm³/mol. The van der Waals surface area contributed by atoms with Crippen molar-refractivity contribution in [1.82, 2.24) is 0 Å². The molecule has 0 aliphatic rings. The summed E-state index contributed by atoms with van der Waals surface area (Å²) in [7, 11) is 0. The third kappa shape index (κ3) is 3.26. The molecular weight excluding hydrogens is 265 g/mol. The molecule has 96 valence electrons. The van der Waals surface area contributed by atoms with Gasteiger partial charge in [0.25, 0.3) is 0 Å². The molecule has 0 bridgehead atoms. The van der Waals surface area contributed by atoms with Gasteiger partial charge in [-0.1, -0.05) is 47.5 Å². The fourth-order valence-corrected chi connectivity index (χ4v) is 2.05. The molecule has 0 heterocycles. The Bertz CT molecular complexity index is 519. The molecule has 0 aromatic heterocycles. The van der Waals surface area contributed by atoms with Crippen molar-refractivity contribution < 1.29 is 0 Å². The van der Waals surface area contributed by atoms with E-state index >= 15 is 0 Å². The highest BCUT2D eigenvalue weighted by Crippen LogP contribution is 2.29. The summed E-state index contributed by atoms with van der Waals surface area (Å²) in [6, 6.07) is 14.4. The Labute approximate surface area is 119 Å². The van der Waals surface area contributed by atoms with Crippen LogP contribution in [0.4, 0.5) is 0 Å². The number of nitrogens with two attached hydrogens (primary N) is 1. The maximum absolute atomic E-state index is 6.21. The molecule has 1 unspecified atom stereocenters. The fourth-order valence-electron chi connectivity index (χ4n) is 1.83. The fraction of sp³-hybridized carbons (Fsp3) is 0.200. The van der Waals surface area contributed by atoms with Gasteiger partial charge in [0.1, 0.15) is 0 Å². The first-order valence-corrected chi connectivity index (χ1v) is 6.08. The van der Waals surface area contributed by atoms with Crippen LogP contribution in [0.3, 0.4) is 0 Å². The molecule has 0 aliphatic heterocycles. The first-order chi connectivity index (χ1) is 8.08. The second-order valence-electron chi connectivity index (χ2n) is 4.39. The van der Waals surface area contributed by atoms with Crippen molar-refractivity contribution in [2.24, 2.45) is 5.73 Å². The van der Waals surface area contributed by atoms with Gasteiger partial charge in [-0.15, -0.1) is 12.4 Å². The number of hydrogen-bond acceptors (Lipinski definition) is 1. The highest BCUT2D eigenvalue weighted by atomic mass is 35.5. The Morgan fingerprint density at radius 1 is 1.06 bits per heavy atom.